The first-order valence-electron chi connectivity index (χ1n) is 4.27. The lowest BCUT2D eigenvalue weighted by Crippen LogP contribution is -1.97. The molecule has 15 heavy (non-hydrogen) atoms. The second-order valence-electron chi connectivity index (χ2n) is 3.04. The monoisotopic (exact) mass is 201 g/mol. The molecule has 0 radical (unpaired) electrons. The molecule has 0 fully saturated rings. The Labute approximate surface area is 88.0 Å². The molecule has 0 aliphatic carbocycles. The molecule has 1 heterocycles. The molecule has 0 amide bonds. The van der Waals surface area contributed by atoms with Crippen LogP contribution in [-0.4, -0.2) is 10.1 Å². The molecule has 4 heteroatoms. The summed E-state index contributed by atoms with van der Waals surface area (Å²) in [4.78, 5) is 3.87. The fourth-order valence-electron chi connectivity index (χ4n) is 1.04. The molecule has 4 nitrogen and oxygen atoms in total. The largest absolute Gasteiger partial charge is 0.508 e. The van der Waals surface area contributed by atoms with Gasteiger partial charge in [0, 0.05) is 11.8 Å². The number of hydrogen-bond donors (Lipinski definition) is 2. The highest BCUT2D eigenvalue weighted by atomic mass is 16.3. The number of nitriles is 1. The van der Waals surface area contributed by atoms with Crippen LogP contribution in [-0.2, 0) is 0 Å². The number of rotatable bonds is 2. The van der Waals surface area contributed by atoms with Crippen LogP contribution in [0.3, 0.4) is 0 Å². The van der Waals surface area contributed by atoms with Crippen molar-refractivity contribution in [2.24, 2.45) is 0 Å². The number of hydrogen-bond acceptors (Lipinski definition) is 4. The third-order valence-electron chi connectivity index (χ3n) is 1.96. The summed E-state index contributed by atoms with van der Waals surface area (Å²) >= 11 is 0. The molecule has 3 N–H and O–H groups in total. The topological polar surface area (TPSA) is 82.9 Å². The highest BCUT2D eigenvalue weighted by molar-refractivity contribution is 5.70. The van der Waals surface area contributed by atoms with Crippen LogP contribution in [0.25, 0.3) is 6.08 Å². The fourth-order valence-corrected chi connectivity index (χ4v) is 1.04. The van der Waals surface area contributed by atoms with Crippen LogP contribution in [0.4, 0.5) is 5.82 Å². The smallest absolute Gasteiger partial charge is 0.131 e. The average Bonchev–Trinajstić information content (AvgIpc) is 2.20. The number of aliphatic hydroxyl groups is 1. The number of aliphatic hydroxyl groups excluding tert-OH is 1. The zero-order valence-corrected chi connectivity index (χ0v) is 8.36. The summed E-state index contributed by atoms with van der Waals surface area (Å²) in [6.07, 6.45) is 3.05. The summed E-state index contributed by atoms with van der Waals surface area (Å²) in [6.45, 7) is 5.06. The molecule has 1 rings (SSSR count). The number of anilines is 1. The molecule has 76 valence electrons. The number of nitrogens with two attached hydrogens (primary N) is 1. The van der Waals surface area contributed by atoms with Gasteiger partial charge in [-0.2, -0.15) is 5.26 Å². The number of allylic oxidation sites excluding steroid dienone is 1. The third kappa shape index (κ3) is 2.35. The zero-order valence-electron chi connectivity index (χ0n) is 8.36. The Morgan fingerprint density at radius 3 is 2.93 bits per heavy atom. The SMILES string of the molecule is C=C(O)/C(C)=C/c1c(C#N)ccnc1N. The Kier molecular flexibility index (Phi) is 3.09. The lowest BCUT2D eigenvalue weighted by atomic mass is 10.1. The highest BCUT2D eigenvalue weighted by Crippen LogP contribution is 2.19. The van der Waals surface area contributed by atoms with E-state index in [-0.39, 0.29) is 11.6 Å². The van der Waals surface area contributed by atoms with Crippen LogP contribution in [0.2, 0.25) is 0 Å². The molecular weight excluding hydrogens is 190 g/mol. The van der Waals surface area contributed by atoms with E-state index in [0.29, 0.717) is 16.7 Å². The van der Waals surface area contributed by atoms with Crippen molar-refractivity contribution in [1.82, 2.24) is 4.98 Å². The van der Waals surface area contributed by atoms with E-state index < -0.39 is 0 Å². The van der Waals surface area contributed by atoms with Crippen molar-refractivity contribution in [3.63, 3.8) is 0 Å². The Morgan fingerprint density at radius 2 is 2.40 bits per heavy atom. The van der Waals surface area contributed by atoms with Gasteiger partial charge in [-0.15, -0.1) is 0 Å². The summed E-state index contributed by atoms with van der Waals surface area (Å²) in [6, 6.07) is 3.57. The predicted octanol–water partition coefficient (Wildman–Crippen LogP) is 2.01. The molecule has 0 spiro atoms. The quantitative estimate of drug-likeness (QED) is 0.566. The van der Waals surface area contributed by atoms with Crippen molar-refractivity contribution in [3.05, 3.63) is 41.3 Å². The van der Waals surface area contributed by atoms with E-state index in [1.54, 1.807) is 19.1 Å². The maximum Gasteiger partial charge on any atom is 0.131 e. The molecule has 0 unspecified atom stereocenters. The van der Waals surface area contributed by atoms with E-state index in [9.17, 15) is 0 Å². The van der Waals surface area contributed by atoms with Crippen molar-refractivity contribution >= 4 is 11.9 Å². The van der Waals surface area contributed by atoms with E-state index in [1.165, 1.54) is 6.20 Å². The van der Waals surface area contributed by atoms with Crippen molar-refractivity contribution in [2.45, 2.75) is 6.92 Å². The van der Waals surface area contributed by atoms with Gasteiger partial charge in [0.15, 0.2) is 0 Å². The summed E-state index contributed by atoms with van der Waals surface area (Å²) < 4.78 is 0. The van der Waals surface area contributed by atoms with E-state index in [1.807, 2.05) is 6.07 Å². The molecule has 0 aliphatic rings. The molecule has 0 aliphatic heterocycles. The van der Waals surface area contributed by atoms with Crippen molar-refractivity contribution < 1.29 is 5.11 Å². The minimum Gasteiger partial charge on any atom is -0.508 e. The summed E-state index contributed by atoms with van der Waals surface area (Å²) in [5, 5.41) is 18.0. The van der Waals surface area contributed by atoms with Crippen LogP contribution in [0.1, 0.15) is 18.1 Å². The molecule has 1 aromatic rings. The predicted molar refractivity (Wildman–Crippen MR) is 58.8 cm³/mol. The number of aromatic nitrogens is 1. The van der Waals surface area contributed by atoms with Crippen LogP contribution in [0, 0.1) is 11.3 Å². The van der Waals surface area contributed by atoms with Crippen LogP contribution < -0.4 is 5.73 Å². The maximum absolute atomic E-state index is 9.13. The van der Waals surface area contributed by atoms with Gasteiger partial charge in [0.05, 0.1) is 11.6 Å². The fraction of sp³-hybridized carbons (Fsp3) is 0.0909. The van der Waals surface area contributed by atoms with Gasteiger partial charge >= 0.3 is 0 Å². The summed E-state index contributed by atoms with van der Waals surface area (Å²) in [7, 11) is 0. The number of pyridine rings is 1. The Balaban J connectivity index is 3.32. The van der Waals surface area contributed by atoms with Gasteiger partial charge in [0.25, 0.3) is 0 Å². The lowest BCUT2D eigenvalue weighted by Gasteiger charge is -2.03. The first-order valence-corrected chi connectivity index (χ1v) is 4.27. The minimum absolute atomic E-state index is 0.0536. The number of nitrogens with zero attached hydrogens (tertiary/aromatic N) is 2. The van der Waals surface area contributed by atoms with Crippen LogP contribution in [0.5, 0.6) is 0 Å². The highest BCUT2D eigenvalue weighted by Gasteiger charge is 2.05. The minimum atomic E-state index is -0.0536. The summed E-state index contributed by atoms with van der Waals surface area (Å²) in [5.74, 6) is 0.205. The molecular formula is C11H11N3O. The standard InChI is InChI=1S/C11H11N3O/c1-7(8(2)15)5-10-9(6-12)3-4-14-11(10)13/h3-5,15H,2H2,1H3,(H2,13,14)/b7-5+. The zero-order chi connectivity index (χ0) is 11.4. The average molecular weight is 201 g/mol. The van der Waals surface area contributed by atoms with Gasteiger partial charge in [-0.3, -0.25) is 0 Å². The maximum atomic E-state index is 9.13. The molecule has 0 saturated carbocycles. The van der Waals surface area contributed by atoms with Crippen molar-refractivity contribution in [2.75, 3.05) is 5.73 Å². The molecule has 0 atom stereocenters. The normalized spacial score (nSPS) is 10.8. The van der Waals surface area contributed by atoms with E-state index in [2.05, 4.69) is 11.6 Å². The Morgan fingerprint density at radius 1 is 1.73 bits per heavy atom. The van der Waals surface area contributed by atoms with E-state index in [4.69, 9.17) is 16.1 Å². The van der Waals surface area contributed by atoms with E-state index in [0.717, 1.165) is 0 Å². The lowest BCUT2D eigenvalue weighted by molar-refractivity contribution is 0.427. The van der Waals surface area contributed by atoms with Crippen LogP contribution >= 0.6 is 0 Å². The molecule has 0 saturated heterocycles. The van der Waals surface area contributed by atoms with Gasteiger partial charge in [0.1, 0.15) is 11.6 Å². The molecule has 0 bridgehead atoms. The number of nitrogen functional groups attached to an aromatic ring is 1. The van der Waals surface area contributed by atoms with Crippen molar-refractivity contribution in [1.29, 1.82) is 5.26 Å². The Bertz CT molecular complexity index is 469. The molecule has 1 aromatic heterocycles. The van der Waals surface area contributed by atoms with Gasteiger partial charge < -0.3 is 10.8 Å². The molecule has 0 aromatic carbocycles. The van der Waals surface area contributed by atoms with E-state index >= 15 is 0 Å². The van der Waals surface area contributed by atoms with Gasteiger partial charge in [-0.1, -0.05) is 6.58 Å². The van der Waals surface area contributed by atoms with Crippen LogP contribution in [0.15, 0.2) is 30.2 Å². The Hall–Kier alpha value is -2.28. The van der Waals surface area contributed by atoms with Gasteiger partial charge in [-0.25, -0.2) is 4.98 Å². The van der Waals surface area contributed by atoms with Crippen molar-refractivity contribution in [3.8, 4) is 6.07 Å². The first-order chi connectivity index (χ1) is 7.06. The first kappa shape index (κ1) is 10.8. The van der Waals surface area contributed by atoms with Gasteiger partial charge in [0.2, 0.25) is 0 Å². The second-order valence-corrected chi connectivity index (χ2v) is 3.04. The summed E-state index contributed by atoms with van der Waals surface area (Å²) in [5.41, 5.74) is 7.10. The second kappa shape index (κ2) is 4.29. The van der Waals surface area contributed by atoms with Gasteiger partial charge in [-0.05, 0) is 24.6 Å². The third-order valence-corrected chi connectivity index (χ3v) is 1.96.